The van der Waals surface area contributed by atoms with Gasteiger partial charge in [-0.2, -0.15) is 0 Å². The molecule has 0 amide bonds. The van der Waals surface area contributed by atoms with Crippen LogP contribution in [0, 0.1) is 0 Å². The number of allylic oxidation sites excluding steroid dienone is 1. The SMILES string of the molecule is CC(C)=C1COOC1. The molecule has 0 saturated carbocycles. The zero-order valence-electron chi connectivity index (χ0n) is 5.23. The van der Waals surface area contributed by atoms with Gasteiger partial charge < -0.3 is 0 Å². The first-order valence-corrected chi connectivity index (χ1v) is 2.70. The minimum absolute atomic E-state index is 0.655. The van der Waals surface area contributed by atoms with E-state index in [1.54, 1.807) is 0 Å². The Morgan fingerprint density at radius 3 is 2.00 bits per heavy atom. The molecule has 1 saturated heterocycles. The fourth-order valence-corrected chi connectivity index (χ4v) is 0.556. The molecule has 2 heteroatoms. The zero-order chi connectivity index (χ0) is 5.98. The molecule has 46 valence electrons. The third-order valence-corrected chi connectivity index (χ3v) is 1.26. The summed E-state index contributed by atoms with van der Waals surface area (Å²) in [6.45, 7) is 5.44. The Bertz CT molecular complexity index is 104. The molecule has 8 heavy (non-hydrogen) atoms. The molecule has 1 aliphatic heterocycles. The van der Waals surface area contributed by atoms with Crippen LogP contribution in [-0.2, 0) is 9.78 Å². The van der Waals surface area contributed by atoms with E-state index in [-0.39, 0.29) is 0 Å². The van der Waals surface area contributed by atoms with Gasteiger partial charge in [0.1, 0.15) is 13.2 Å². The minimum Gasteiger partial charge on any atom is -0.232 e. The molecule has 1 heterocycles. The normalized spacial score (nSPS) is 19.5. The molecule has 0 aromatic heterocycles. The molecule has 0 aliphatic carbocycles. The van der Waals surface area contributed by atoms with Crippen molar-refractivity contribution < 1.29 is 9.78 Å². The molecule has 0 unspecified atom stereocenters. The lowest BCUT2D eigenvalue weighted by molar-refractivity contribution is -0.248. The van der Waals surface area contributed by atoms with E-state index in [4.69, 9.17) is 0 Å². The molecule has 1 aliphatic rings. The van der Waals surface area contributed by atoms with Crippen LogP contribution in [0.2, 0.25) is 0 Å². The summed E-state index contributed by atoms with van der Waals surface area (Å²) in [7, 11) is 0. The van der Waals surface area contributed by atoms with Gasteiger partial charge in [-0.3, -0.25) is 0 Å². The summed E-state index contributed by atoms with van der Waals surface area (Å²) in [6, 6.07) is 0. The van der Waals surface area contributed by atoms with E-state index in [1.807, 2.05) is 0 Å². The first kappa shape index (κ1) is 5.79. The second-order valence-corrected chi connectivity index (χ2v) is 2.13. The van der Waals surface area contributed by atoms with Crippen molar-refractivity contribution in [2.24, 2.45) is 0 Å². The van der Waals surface area contributed by atoms with Crippen LogP contribution in [0.4, 0.5) is 0 Å². The van der Waals surface area contributed by atoms with Crippen LogP contribution in [0.5, 0.6) is 0 Å². The third kappa shape index (κ3) is 1.08. The van der Waals surface area contributed by atoms with Gasteiger partial charge in [-0.1, -0.05) is 5.57 Å². The van der Waals surface area contributed by atoms with Crippen LogP contribution in [0.1, 0.15) is 13.8 Å². The Hall–Kier alpha value is -0.340. The number of hydrogen-bond donors (Lipinski definition) is 0. The van der Waals surface area contributed by atoms with Crippen molar-refractivity contribution >= 4 is 0 Å². The quantitative estimate of drug-likeness (QED) is 0.349. The summed E-state index contributed by atoms with van der Waals surface area (Å²) in [5.41, 5.74) is 2.58. The third-order valence-electron chi connectivity index (χ3n) is 1.26. The smallest absolute Gasteiger partial charge is 0.106 e. The van der Waals surface area contributed by atoms with Gasteiger partial charge in [0, 0.05) is 0 Å². The van der Waals surface area contributed by atoms with Crippen molar-refractivity contribution in [2.45, 2.75) is 13.8 Å². The van der Waals surface area contributed by atoms with Gasteiger partial charge in [-0.25, -0.2) is 9.78 Å². The lowest BCUT2D eigenvalue weighted by Gasteiger charge is -1.90. The first-order chi connectivity index (χ1) is 3.80. The molecule has 0 N–H and O–H groups in total. The largest absolute Gasteiger partial charge is 0.232 e. The molecule has 0 bridgehead atoms. The minimum atomic E-state index is 0.655. The van der Waals surface area contributed by atoms with E-state index in [1.165, 1.54) is 11.1 Å². The van der Waals surface area contributed by atoms with Gasteiger partial charge in [0.25, 0.3) is 0 Å². The van der Waals surface area contributed by atoms with Crippen molar-refractivity contribution in [2.75, 3.05) is 13.2 Å². The first-order valence-electron chi connectivity index (χ1n) is 2.70. The van der Waals surface area contributed by atoms with Crippen LogP contribution in [-0.4, -0.2) is 13.2 Å². The summed E-state index contributed by atoms with van der Waals surface area (Å²) in [5.74, 6) is 0. The van der Waals surface area contributed by atoms with Crippen molar-refractivity contribution in [1.29, 1.82) is 0 Å². The van der Waals surface area contributed by atoms with Gasteiger partial charge in [-0.15, -0.1) is 0 Å². The predicted molar refractivity (Wildman–Crippen MR) is 30.3 cm³/mol. The molecule has 2 nitrogen and oxygen atoms in total. The zero-order valence-corrected chi connectivity index (χ0v) is 5.23. The fraction of sp³-hybridized carbons (Fsp3) is 0.667. The Balaban J connectivity index is 2.58. The van der Waals surface area contributed by atoms with Gasteiger partial charge in [0.15, 0.2) is 0 Å². The molecule has 0 aromatic rings. The van der Waals surface area contributed by atoms with Crippen LogP contribution in [0.25, 0.3) is 0 Å². The molecule has 1 fully saturated rings. The van der Waals surface area contributed by atoms with E-state index >= 15 is 0 Å². The van der Waals surface area contributed by atoms with E-state index < -0.39 is 0 Å². The summed E-state index contributed by atoms with van der Waals surface area (Å²) in [4.78, 5) is 9.32. The van der Waals surface area contributed by atoms with Crippen LogP contribution >= 0.6 is 0 Å². The Kier molecular flexibility index (Phi) is 1.65. The second kappa shape index (κ2) is 2.29. The Morgan fingerprint density at radius 2 is 1.75 bits per heavy atom. The summed E-state index contributed by atoms with van der Waals surface area (Å²) in [6.07, 6.45) is 0. The summed E-state index contributed by atoms with van der Waals surface area (Å²) >= 11 is 0. The molecular weight excluding hydrogens is 104 g/mol. The van der Waals surface area contributed by atoms with E-state index in [0.29, 0.717) is 13.2 Å². The molecule has 0 aromatic carbocycles. The Labute approximate surface area is 49.0 Å². The maximum absolute atomic E-state index is 4.66. The summed E-state index contributed by atoms with van der Waals surface area (Å²) in [5, 5.41) is 0. The van der Waals surface area contributed by atoms with Crippen LogP contribution in [0.15, 0.2) is 11.1 Å². The van der Waals surface area contributed by atoms with E-state index in [0.717, 1.165) is 0 Å². The fourth-order valence-electron chi connectivity index (χ4n) is 0.556. The molecule has 0 spiro atoms. The summed E-state index contributed by atoms with van der Waals surface area (Å²) < 4.78 is 0. The number of rotatable bonds is 0. The van der Waals surface area contributed by atoms with Crippen molar-refractivity contribution in [3.05, 3.63) is 11.1 Å². The molecule has 1 rings (SSSR count). The highest BCUT2D eigenvalue weighted by molar-refractivity contribution is 5.11. The molecule has 0 atom stereocenters. The highest BCUT2D eigenvalue weighted by atomic mass is 17.2. The van der Waals surface area contributed by atoms with Crippen molar-refractivity contribution in [1.82, 2.24) is 0 Å². The highest BCUT2D eigenvalue weighted by Gasteiger charge is 2.08. The maximum Gasteiger partial charge on any atom is 0.106 e. The van der Waals surface area contributed by atoms with E-state index in [2.05, 4.69) is 23.6 Å². The van der Waals surface area contributed by atoms with Gasteiger partial charge >= 0.3 is 0 Å². The Morgan fingerprint density at radius 1 is 1.25 bits per heavy atom. The van der Waals surface area contributed by atoms with Crippen molar-refractivity contribution in [3.8, 4) is 0 Å². The second-order valence-electron chi connectivity index (χ2n) is 2.13. The lowest BCUT2D eigenvalue weighted by atomic mass is 10.2. The monoisotopic (exact) mass is 114 g/mol. The average Bonchev–Trinajstić information content (AvgIpc) is 2.12. The lowest BCUT2D eigenvalue weighted by Crippen LogP contribution is -1.86. The topological polar surface area (TPSA) is 18.5 Å². The molecular formula is C6H10O2. The average molecular weight is 114 g/mol. The molecule has 0 radical (unpaired) electrons. The highest BCUT2D eigenvalue weighted by Crippen LogP contribution is 2.10. The number of hydrogen-bond acceptors (Lipinski definition) is 2. The predicted octanol–water partition coefficient (Wildman–Crippen LogP) is 1.28. The maximum atomic E-state index is 4.66. The van der Waals surface area contributed by atoms with Gasteiger partial charge in [0.05, 0.1) is 0 Å². The van der Waals surface area contributed by atoms with Gasteiger partial charge in [0.2, 0.25) is 0 Å². The standard InChI is InChI=1S/C6H10O2/c1-5(2)6-3-7-8-4-6/h3-4H2,1-2H3. The van der Waals surface area contributed by atoms with E-state index in [9.17, 15) is 0 Å². The van der Waals surface area contributed by atoms with Crippen molar-refractivity contribution in [3.63, 3.8) is 0 Å². The van der Waals surface area contributed by atoms with Gasteiger partial charge in [-0.05, 0) is 19.4 Å². The van der Waals surface area contributed by atoms with Crippen LogP contribution < -0.4 is 0 Å². The van der Waals surface area contributed by atoms with Crippen LogP contribution in [0.3, 0.4) is 0 Å².